The zero-order chi connectivity index (χ0) is 17.9. The molecule has 2 aromatic rings. The van der Waals surface area contributed by atoms with E-state index >= 15 is 0 Å². The molecule has 1 aliphatic heterocycles. The van der Waals surface area contributed by atoms with Crippen LogP contribution in [0.15, 0.2) is 59.5 Å². The molecule has 0 aliphatic carbocycles. The van der Waals surface area contributed by atoms with E-state index in [1.165, 1.54) is 10.4 Å². The van der Waals surface area contributed by atoms with Gasteiger partial charge in [0.25, 0.3) is 10.0 Å². The SMILES string of the molecule is CNC(=O)/C=C/c1ccc(S(=O)(=O)N2CCCc3ccccc32)cc1. The largest absolute Gasteiger partial charge is 0.356 e. The molecule has 1 amide bonds. The zero-order valence-electron chi connectivity index (χ0n) is 14.0. The maximum Gasteiger partial charge on any atom is 0.264 e. The fraction of sp³-hybridized carbons (Fsp3) is 0.211. The lowest BCUT2D eigenvalue weighted by molar-refractivity contribution is -0.115. The van der Waals surface area contributed by atoms with Gasteiger partial charge in [0.15, 0.2) is 0 Å². The molecule has 1 N–H and O–H groups in total. The maximum absolute atomic E-state index is 13.0. The van der Waals surface area contributed by atoms with Crippen LogP contribution in [0.25, 0.3) is 6.08 Å². The highest BCUT2D eigenvalue weighted by Crippen LogP contribution is 2.31. The van der Waals surface area contributed by atoms with E-state index in [0.29, 0.717) is 6.54 Å². The summed E-state index contributed by atoms with van der Waals surface area (Å²) in [5, 5.41) is 2.49. The second-order valence-corrected chi connectivity index (χ2v) is 7.69. The number of anilines is 1. The van der Waals surface area contributed by atoms with E-state index < -0.39 is 10.0 Å². The van der Waals surface area contributed by atoms with Crippen molar-refractivity contribution >= 4 is 27.7 Å². The van der Waals surface area contributed by atoms with Gasteiger partial charge in [-0.25, -0.2) is 8.42 Å². The Labute approximate surface area is 148 Å². The molecule has 25 heavy (non-hydrogen) atoms. The van der Waals surface area contributed by atoms with E-state index in [-0.39, 0.29) is 10.8 Å². The van der Waals surface area contributed by atoms with Gasteiger partial charge in [0.1, 0.15) is 0 Å². The molecule has 0 aromatic heterocycles. The third-order valence-corrected chi connectivity index (χ3v) is 6.04. The van der Waals surface area contributed by atoms with Crippen molar-refractivity contribution in [1.82, 2.24) is 5.32 Å². The lowest BCUT2D eigenvalue weighted by Crippen LogP contribution is -2.35. The molecular formula is C19H20N2O3S. The number of hydrogen-bond donors (Lipinski definition) is 1. The lowest BCUT2D eigenvalue weighted by atomic mass is 10.0. The summed E-state index contributed by atoms with van der Waals surface area (Å²) in [5.74, 6) is -0.207. The summed E-state index contributed by atoms with van der Waals surface area (Å²) in [7, 11) is -2.04. The maximum atomic E-state index is 13.0. The summed E-state index contributed by atoms with van der Waals surface area (Å²) in [4.78, 5) is 11.5. The van der Waals surface area contributed by atoms with Crippen molar-refractivity contribution < 1.29 is 13.2 Å². The molecule has 0 atom stereocenters. The first-order chi connectivity index (χ1) is 12.0. The van der Waals surface area contributed by atoms with Crippen LogP contribution in [0.1, 0.15) is 17.5 Å². The van der Waals surface area contributed by atoms with Gasteiger partial charge in [-0.15, -0.1) is 0 Å². The number of benzene rings is 2. The van der Waals surface area contributed by atoms with E-state index in [1.54, 1.807) is 37.4 Å². The van der Waals surface area contributed by atoms with Crippen LogP contribution in [-0.2, 0) is 21.2 Å². The fourth-order valence-electron chi connectivity index (χ4n) is 2.88. The molecule has 0 fully saturated rings. The Bertz CT molecular complexity index is 903. The van der Waals surface area contributed by atoms with Crippen LogP contribution in [0.3, 0.4) is 0 Å². The number of nitrogens with zero attached hydrogens (tertiary/aromatic N) is 1. The Morgan fingerprint density at radius 3 is 2.56 bits per heavy atom. The molecule has 0 unspecified atom stereocenters. The first-order valence-corrected chi connectivity index (χ1v) is 9.57. The van der Waals surface area contributed by atoms with Crippen molar-refractivity contribution in [1.29, 1.82) is 0 Å². The predicted molar refractivity (Wildman–Crippen MR) is 98.8 cm³/mol. The van der Waals surface area contributed by atoms with Gasteiger partial charge < -0.3 is 5.32 Å². The number of rotatable bonds is 4. The van der Waals surface area contributed by atoms with Crippen LogP contribution in [0, 0.1) is 0 Å². The molecule has 1 aliphatic rings. The van der Waals surface area contributed by atoms with E-state index in [0.717, 1.165) is 29.7 Å². The first kappa shape index (κ1) is 17.2. The Balaban J connectivity index is 1.89. The third-order valence-electron chi connectivity index (χ3n) is 4.21. The van der Waals surface area contributed by atoms with Gasteiger partial charge in [-0.3, -0.25) is 9.10 Å². The average Bonchev–Trinajstić information content (AvgIpc) is 2.65. The highest BCUT2D eigenvalue weighted by atomic mass is 32.2. The molecule has 130 valence electrons. The third kappa shape index (κ3) is 3.58. The van der Waals surface area contributed by atoms with Crippen LogP contribution < -0.4 is 9.62 Å². The zero-order valence-corrected chi connectivity index (χ0v) is 14.8. The van der Waals surface area contributed by atoms with E-state index in [2.05, 4.69) is 5.32 Å². The van der Waals surface area contributed by atoms with Gasteiger partial charge in [-0.2, -0.15) is 0 Å². The van der Waals surface area contributed by atoms with Crippen molar-refractivity contribution in [2.24, 2.45) is 0 Å². The quantitative estimate of drug-likeness (QED) is 0.857. The molecule has 0 radical (unpaired) electrons. The monoisotopic (exact) mass is 356 g/mol. The smallest absolute Gasteiger partial charge is 0.264 e. The number of carbonyl (C=O) groups excluding carboxylic acids is 1. The van der Waals surface area contributed by atoms with Gasteiger partial charge in [-0.1, -0.05) is 30.3 Å². The van der Waals surface area contributed by atoms with Crippen molar-refractivity contribution in [2.45, 2.75) is 17.7 Å². The van der Waals surface area contributed by atoms with Crippen molar-refractivity contribution in [3.63, 3.8) is 0 Å². The Morgan fingerprint density at radius 2 is 1.84 bits per heavy atom. The number of para-hydroxylation sites is 1. The second-order valence-electron chi connectivity index (χ2n) is 5.83. The summed E-state index contributed by atoms with van der Waals surface area (Å²) >= 11 is 0. The van der Waals surface area contributed by atoms with Crippen LogP contribution in [0.5, 0.6) is 0 Å². The topological polar surface area (TPSA) is 66.5 Å². The molecule has 1 heterocycles. The van der Waals surface area contributed by atoms with Crippen molar-refractivity contribution in [2.75, 3.05) is 17.9 Å². The highest BCUT2D eigenvalue weighted by molar-refractivity contribution is 7.92. The van der Waals surface area contributed by atoms with Gasteiger partial charge in [0.05, 0.1) is 10.6 Å². The Morgan fingerprint density at radius 1 is 1.12 bits per heavy atom. The average molecular weight is 356 g/mol. The number of fused-ring (bicyclic) bond motifs is 1. The number of likely N-dealkylation sites (N-methyl/N-ethyl adjacent to an activating group) is 1. The van der Waals surface area contributed by atoms with E-state index in [9.17, 15) is 13.2 Å². The van der Waals surface area contributed by atoms with Crippen LogP contribution in [0.2, 0.25) is 0 Å². The summed E-state index contributed by atoms with van der Waals surface area (Å²) < 4.78 is 27.5. The predicted octanol–water partition coefficient (Wildman–Crippen LogP) is 2.59. The standard InChI is InChI=1S/C19H20N2O3S/c1-20-19(22)13-10-15-8-11-17(12-9-15)25(23,24)21-14-4-6-16-5-2-3-7-18(16)21/h2-3,5,7-13H,4,6,14H2,1H3,(H,20,22)/b13-10+. The van der Waals surface area contributed by atoms with Crippen LogP contribution in [0.4, 0.5) is 5.69 Å². The normalized spacial score (nSPS) is 14.4. The molecular weight excluding hydrogens is 336 g/mol. The summed E-state index contributed by atoms with van der Waals surface area (Å²) in [6, 6.07) is 14.2. The fourth-order valence-corrected chi connectivity index (χ4v) is 4.42. The van der Waals surface area contributed by atoms with Gasteiger partial charge in [-0.05, 0) is 48.2 Å². The van der Waals surface area contributed by atoms with Gasteiger partial charge in [0, 0.05) is 19.7 Å². The number of carbonyl (C=O) groups is 1. The summed E-state index contributed by atoms with van der Waals surface area (Å²) in [6.07, 6.45) is 4.75. The van der Waals surface area contributed by atoms with E-state index in [4.69, 9.17) is 0 Å². The Hall–Kier alpha value is -2.60. The van der Waals surface area contributed by atoms with Gasteiger partial charge in [0.2, 0.25) is 5.91 Å². The molecule has 5 nitrogen and oxygen atoms in total. The van der Waals surface area contributed by atoms with Crippen molar-refractivity contribution in [3.8, 4) is 0 Å². The molecule has 3 rings (SSSR count). The highest BCUT2D eigenvalue weighted by Gasteiger charge is 2.28. The van der Waals surface area contributed by atoms with Crippen LogP contribution in [-0.4, -0.2) is 27.9 Å². The van der Waals surface area contributed by atoms with Crippen LogP contribution >= 0.6 is 0 Å². The Kier molecular flexibility index (Phi) is 4.90. The molecule has 2 aromatic carbocycles. The first-order valence-electron chi connectivity index (χ1n) is 8.13. The molecule has 0 saturated heterocycles. The molecule has 0 bridgehead atoms. The molecule has 0 spiro atoms. The minimum atomic E-state index is -3.60. The molecule has 0 saturated carbocycles. The number of aryl methyl sites for hydroxylation is 1. The number of hydrogen-bond acceptors (Lipinski definition) is 3. The number of sulfonamides is 1. The van der Waals surface area contributed by atoms with Crippen molar-refractivity contribution in [3.05, 3.63) is 65.7 Å². The minimum Gasteiger partial charge on any atom is -0.356 e. The lowest BCUT2D eigenvalue weighted by Gasteiger charge is -2.30. The summed E-state index contributed by atoms with van der Waals surface area (Å²) in [5.41, 5.74) is 2.58. The number of amides is 1. The number of nitrogens with one attached hydrogen (secondary N) is 1. The second kappa shape index (κ2) is 7.11. The minimum absolute atomic E-state index is 0.207. The van der Waals surface area contributed by atoms with E-state index in [1.807, 2.05) is 24.3 Å². The molecule has 6 heteroatoms. The summed E-state index contributed by atoms with van der Waals surface area (Å²) in [6.45, 7) is 0.484. The van der Waals surface area contributed by atoms with Gasteiger partial charge >= 0.3 is 0 Å².